The Hall–Kier alpha value is -2.14. The zero-order valence-corrected chi connectivity index (χ0v) is 13.2. The number of nitrogens with one attached hydrogen (secondary N) is 1. The molecule has 5 heteroatoms. The fourth-order valence-electron chi connectivity index (χ4n) is 3.26. The molecular formula is C18H23N3O2. The van der Waals surface area contributed by atoms with Crippen LogP contribution in [-0.2, 0) is 11.3 Å². The molecule has 3 rings (SSSR count). The number of rotatable bonds is 5. The molecule has 0 aliphatic heterocycles. The molecule has 1 aliphatic rings. The summed E-state index contributed by atoms with van der Waals surface area (Å²) in [6, 6.07) is 7.91. The van der Waals surface area contributed by atoms with Crippen LogP contribution >= 0.6 is 0 Å². The van der Waals surface area contributed by atoms with E-state index in [9.17, 15) is 9.90 Å². The number of aliphatic hydroxyl groups is 1. The van der Waals surface area contributed by atoms with Crippen LogP contribution in [0.15, 0.2) is 43.0 Å². The quantitative estimate of drug-likeness (QED) is 0.891. The summed E-state index contributed by atoms with van der Waals surface area (Å²) in [6.45, 7) is 0.448. The van der Waals surface area contributed by atoms with Gasteiger partial charge >= 0.3 is 0 Å². The monoisotopic (exact) mass is 313 g/mol. The summed E-state index contributed by atoms with van der Waals surface area (Å²) < 4.78 is 1.93. The van der Waals surface area contributed by atoms with Crippen molar-refractivity contribution in [3.05, 3.63) is 48.5 Å². The SMILES string of the molecule is O=C(CC1(O)CCCCC1)NCc1ccccc1-n1ccnc1. The summed E-state index contributed by atoms with van der Waals surface area (Å²) in [5.41, 5.74) is 1.21. The maximum atomic E-state index is 12.2. The zero-order chi connectivity index (χ0) is 16.1. The van der Waals surface area contributed by atoms with Crippen LogP contribution in [0, 0.1) is 0 Å². The summed E-state index contributed by atoms with van der Waals surface area (Å²) in [5, 5.41) is 13.4. The molecule has 0 radical (unpaired) electrons. The molecule has 5 nitrogen and oxygen atoms in total. The molecular weight excluding hydrogens is 290 g/mol. The summed E-state index contributed by atoms with van der Waals surface area (Å²) in [4.78, 5) is 16.3. The van der Waals surface area contributed by atoms with Crippen molar-refractivity contribution in [1.82, 2.24) is 14.9 Å². The van der Waals surface area contributed by atoms with E-state index in [-0.39, 0.29) is 12.3 Å². The first-order chi connectivity index (χ1) is 11.2. The van der Waals surface area contributed by atoms with Gasteiger partial charge in [0.1, 0.15) is 0 Å². The van der Waals surface area contributed by atoms with Crippen molar-refractivity contribution in [2.75, 3.05) is 0 Å². The lowest BCUT2D eigenvalue weighted by atomic mass is 9.82. The molecule has 1 saturated carbocycles. The maximum Gasteiger partial charge on any atom is 0.223 e. The Balaban J connectivity index is 1.61. The van der Waals surface area contributed by atoms with E-state index in [1.54, 1.807) is 12.5 Å². The second-order valence-electron chi connectivity index (χ2n) is 6.34. The van der Waals surface area contributed by atoms with Gasteiger partial charge in [0.05, 0.1) is 24.0 Å². The average molecular weight is 313 g/mol. The molecule has 122 valence electrons. The fraction of sp³-hybridized carbons (Fsp3) is 0.444. The molecule has 23 heavy (non-hydrogen) atoms. The number of para-hydroxylation sites is 1. The van der Waals surface area contributed by atoms with Crippen LogP contribution in [0.1, 0.15) is 44.1 Å². The van der Waals surface area contributed by atoms with Crippen molar-refractivity contribution < 1.29 is 9.90 Å². The first-order valence-corrected chi connectivity index (χ1v) is 8.22. The Labute approximate surface area is 136 Å². The van der Waals surface area contributed by atoms with Gasteiger partial charge in [-0.05, 0) is 24.5 Å². The van der Waals surface area contributed by atoms with Crippen LogP contribution in [0.2, 0.25) is 0 Å². The Kier molecular flexibility index (Phi) is 4.76. The normalized spacial score (nSPS) is 16.9. The van der Waals surface area contributed by atoms with Crippen molar-refractivity contribution in [3.8, 4) is 5.69 Å². The van der Waals surface area contributed by atoms with E-state index in [2.05, 4.69) is 10.3 Å². The molecule has 0 saturated heterocycles. The van der Waals surface area contributed by atoms with E-state index < -0.39 is 5.60 Å². The van der Waals surface area contributed by atoms with Crippen molar-refractivity contribution in [3.63, 3.8) is 0 Å². The Morgan fingerprint density at radius 3 is 2.78 bits per heavy atom. The highest BCUT2D eigenvalue weighted by molar-refractivity contribution is 5.77. The molecule has 0 unspecified atom stereocenters. The maximum absolute atomic E-state index is 12.2. The zero-order valence-electron chi connectivity index (χ0n) is 13.2. The van der Waals surface area contributed by atoms with Crippen LogP contribution in [0.3, 0.4) is 0 Å². The first-order valence-electron chi connectivity index (χ1n) is 8.22. The minimum Gasteiger partial charge on any atom is -0.389 e. The summed E-state index contributed by atoms with van der Waals surface area (Å²) in [5.74, 6) is -0.0881. The molecule has 1 fully saturated rings. The lowest BCUT2D eigenvalue weighted by molar-refractivity contribution is -0.127. The molecule has 1 heterocycles. The van der Waals surface area contributed by atoms with Crippen LogP contribution in [0.5, 0.6) is 0 Å². The van der Waals surface area contributed by atoms with Gasteiger partial charge in [0, 0.05) is 18.9 Å². The van der Waals surface area contributed by atoms with Gasteiger partial charge in [0.25, 0.3) is 0 Å². The second-order valence-corrected chi connectivity index (χ2v) is 6.34. The van der Waals surface area contributed by atoms with E-state index in [4.69, 9.17) is 0 Å². The van der Waals surface area contributed by atoms with Gasteiger partial charge in [-0.15, -0.1) is 0 Å². The van der Waals surface area contributed by atoms with E-state index in [0.717, 1.165) is 43.4 Å². The number of imidazole rings is 1. The number of aromatic nitrogens is 2. The van der Waals surface area contributed by atoms with E-state index >= 15 is 0 Å². The first kappa shape index (κ1) is 15.7. The Bertz CT molecular complexity index is 646. The molecule has 2 aromatic rings. The second kappa shape index (κ2) is 6.96. The van der Waals surface area contributed by atoms with Gasteiger partial charge in [-0.3, -0.25) is 4.79 Å². The van der Waals surface area contributed by atoms with Crippen LogP contribution in [-0.4, -0.2) is 26.2 Å². The minimum atomic E-state index is -0.813. The summed E-state index contributed by atoms with van der Waals surface area (Å²) in [7, 11) is 0. The molecule has 2 N–H and O–H groups in total. The van der Waals surface area contributed by atoms with Gasteiger partial charge in [-0.25, -0.2) is 4.98 Å². The van der Waals surface area contributed by atoms with Gasteiger partial charge in [0.2, 0.25) is 5.91 Å². The number of nitrogens with zero attached hydrogens (tertiary/aromatic N) is 2. The van der Waals surface area contributed by atoms with E-state index in [0.29, 0.717) is 6.54 Å². The topological polar surface area (TPSA) is 67.2 Å². The molecule has 0 bridgehead atoms. The predicted molar refractivity (Wildman–Crippen MR) is 88.1 cm³/mol. The van der Waals surface area contributed by atoms with Crippen molar-refractivity contribution in [2.45, 2.75) is 50.7 Å². The highest BCUT2D eigenvalue weighted by atomic mass is 16.3. The number of carbonyl (C=O) groups is 1. The minimum absolute atomic E-state index is 0.0881. The van der Waals surface area contributed by atoms with E-state index in [1.807, 2.05) is 35.0 Å². The molecule has 0 atom stereocenters. The summed E-state index contributed by atoms with van der Waals surface area (Å²) >= 11 is 0. The Morgan fingerprint density at radius 2 is 2.04 bits per heavy atom. The standard InChI is InChI=1S/C18H23N3O2/c22-17(12-18(23)8-4-1-5-9-18)20-13-15-6-2-3-7-16(15)21-11-10-19-14-21/h2-3,6-7,10-11,14,23H,1,4-5,8-9,12-13H2,(H,20,22). The third-order valence-corrected chi connectivity index (χ3v) is 4.52. The highest BCUT2D eigenvalue weighted by Gasteiger charge is 2.31. The van der Waals surface area contributed by atoms with Crippen molar-refractivity contribution in [1.29, 1.82) is 0 Å². The Morgan fingerprint density at radius 1 is 1.26 bits per heavy atom. The fourth-order valence-corrected chi connectivity index (χ4v) is 3.26. The highest BCUT2D eigenvalue weighted by Crippen LogP contribution is 2.30. The lowest BCUT2D eigenvalue weighted by Gasteiger charge is -2.31. The molecule has 1 amide bonds. The molecule has 1 aromatic heterocycles. The predicted octanol–water partition coefficient (Wildman–Crippen LogP) is 2.57. The van der Waals surface area contributed by atoms with Gasteiger partial charge < -0.3 is 15.0 Å². The number of hydrogen-bond donors (Lipinski definition) is 2. The number of amides is 1. The van der Waals surface area contributed by atoms with Crippen LogP contribution < -0.4 is 5.32 Å². The van der Waals surface area contributed by atoms with E-state index in [1.165, 1.54) is 0 Å². The smallest absolute Gasteiger partial charge is 0.223 e. The number of hydrogen-bond acceptors (Lipinski definition) is 3. The third-order valence-electron chi connectivity index (χ3n) is 4.52. The largest absolute Gasteiger partial charge is 0.389 e. The van der Waals surface area contributed by atoms with Crippen molar-refractivity contribution >= 4 is 5.91 Å². The average Bonchev–Trinajstić information content (AvgIpc) is 3.08. The number of carbonyl (C=O) groups excluding carboxylic acids is 1. The third kappa shape index (κ3) is 3.99. The van der Waals surface area contributed by atoms with Gasteiger partial charge in [0.15, 0.2) is 0 Å². The van der Waals surface area contributed by atoms with Crippen molar-refractivity contribution in [2.24, 2.45) is 0 Å². The molecule has 0 spiro atoms. The van der Waals surface area contributed by atoms with Gasteiger partial charge in [-0.1, -0.05) is 37.5 Å². The summed E-state index contributed by atoms with van der Waals surface area (Å²) in [6.07, 6.45) is 10.2. The number of benzene rings is 1. The molecule has 1 aliphatic carbocycles. The van der Waals surface area contributed by atoms with Crippen LogP contribution in [0.25, 0.3) is 5.69 Å². The van der Waals surface area contributed by atoms with Crippen LogP contribution in [0.4, 0.5) is 0 Å². The molecule has 1 aromatic carbocycles. The lowest BCUT2D eigenvalue weighted by Crippen LogP contribution is -2.38. The van der Waals surface area contributed by atoms with Gasteiger partial charge in [-0.2, -0.15) is 0 Å².